The molecule has 0 spiro atoms. The van der Waals surface area contributed by atoms with Crippen molar-refractivity contribution in [2.24, 2.45) is 0 Å². The smallest absolute Gasteiger partial charge is 0.353 e. The predicted molar refractivity (Wildman–Crippen MR) is 82.2 cm³/mol. The number of benzene rings is 1. The van der Waals surface area contributed by atoms with Crippen molar-refractivity contribution in [3.63, 3.8) is 0 Å². The fourth-order valence-electron chi connectivity index (χ4n) is 2.37. The lowest BCUT2D eigenvalue weighted by Gasteiger charge is -2.11. The molecule has 0 atom stereocenters. The molecule has 0 radical (unpaired) electrons. The number of nitrogens with zero attached hydrogens (tertiary/aromatic N) is 3. The van der Waals surface area contributed by atoms with E-state index in [9.17, 15) is 24.6 Å². The molecule has 2 aromatic heterocycles. The second kappa shape index (κ2) is 6.10. The standard InChI is InChI=1S/C14H13N5O5/c20-6-9-10(7-21)18(11(15-9)8-4-2-1-3-5-8)19-13(23)16-12(22)17-14(19)24/h1-5,20-21H,6-7H2,(H2,16,17,22,23,24). The number of imidazole rings is 1. The summed E-state index contributed by atoms with van der Waals surface area (Å²) < 4.78 is 1.67. The molecule has 3 rings (SSSR count). The van der Waals surface area contributed by atoms with Crippen molar-refractivity contribution in [3.8, 4) is 11.4 Å². The summed E-state index contributed by atoms with van der Waals surface area (Å²) in [6.07, 6.45) is 0. The normalized spacial score (nSPS) is 10.9. The Morgan fingerprint density at radius 3 is 2.08 bits per heavy atom. The molecule has 3 aromatic rings. The number of aromatic nitrogens is 5. The van der Waals surface area contributed by atoms with E-state index >= 15 is 0 Å². The molecule has 0 aliphatic carbocycles. The Kier molecular flexibility index (Phi) is 3.98. The van der Waals surface area contributed by atoms with Crippen molar-refractivity contribution >= 4 is 0 Å². The first-order valence-corrected chi connectivity index (χ1v) is 6.90. The lowest BCUT2D eigenvalue weighted by molar-refractivity contribution is 0.248. The van der Waals surface area contributed by atoms with Crippen LogP contribution >= 0.6 is 0 Å². The van der Waals surface area contributed by atoms with Gasteiger partial charge in [-0.25, -0.2) is 24.0 Å². The predicted octanol–water partition coefficient (Wildman–Crippen LogP) is -1.62. The first kappa shape index (κ1) is 15.6. The second-order valence-corrected chi connectivity index (χ2v) is 4.82. The Bertz CT molecular complexity index is 1010. The van der Waals surface area contributed by atoms with E-state index in [0.29, 0.717) is 10.2 Å². The number of rotatable bonds is 4. The summed E-state index contributed by atoms with van der Waals surface area (Å²) in [4.78, 5) is 43.5. The largest absolute Gasteiger partial charge is 0.390 e. The van der Waals surface area contributed by atoms with Gasteiger partial charge in [0.2, 0.25) is 0 Å². The first-order chi connectivity index (χ1) is 11.6. The van der Waals surface area contributed by atoms with Crippen molar-refractivity contribution < 1.29 is 10.2 Å². The van der Waals surface area contributed by atoms with Crippen LogP contribution < -0.4 is 17.1 Å². The summed E-state index contributed by atoms with van der Waals surface area (Å²) in [5.41, 5.74) is -2.25. The number of aliphatic hydroxyl groups excluding tert-OH is 2. The third-order valence-corrected chi connectivity index (χ3v) is 3.39. The lowest BCUT2D eigenvalue weighted by Crippen LogP contribution is -2.46. The zero-order chi connectivity index (χ0) is 17.3. The zero-order valence-electron chi connectivity index (χ0n) is 12.3. The third-order valence-electron chi connectivity index (χ3n) is 3.39. The summed E-state index contributed by atoms with van der Waals surface area (Å²) in [5.74, 6) is 0.156. The molecule has 0 aliphatic rings. The minimum absolute atomic E-state index is 0.0519. The number of aromatic amines is 2. The van der Waals surface area contributed by atoms with Gasteiger partial charge >= 0.3 is 17.1 Å². The maximum atomic E-state index is 12.1. The number of H-pyrrole nitrogens is 2. The van der Waals surface area contributed by atoms with Gasteiger partial charge in [-0.15, -0.1) is 4.68 Å². The summed E-state index contributed by atoms with van der Waals surface area (Å²) in [5, 5.41) is 19.1. The van der Waals surface area contributed by atoms with E-state index in [2.05, 4.69) is 4.98 Å². The summed E-state index contributed by atoms with van der Waals surface area (Å²) >= 11 is 0. The second-order valence-electron chi connectivity index (χ2n) is 4.82. The SMILES string of the molecule is O=c1[nH]c(=O)n(-n2c(-c3ccccc3)nc(CO)c2CO)c(=O)[nH]1. The average Bonchev–Trinajstić information content (AvgIpc) is 2.93. The Labute approximate surface area is 133 Å². The van der Waals surface area contributed by atoms with Crippen LogP contribution in [0.5, 0.6) is 0 Å². The van der Waals surface area contributed by atoms with Crippen LogP contribution in [0.25, 0.3) is 11.4 Å². The maximum Gasteiger partial charge on any atom is 0.353 e. The third kappa shape index (κ3) is 2.49. The highest BCUT2D eigenvalue weighted by atomic mass is 16.3. The molecule has 4 N–H and O–H groups in total. The average molecular weight is 331 g/mol. The van der Waals surface area contributed by atoms with Gasteiger partial charge in [0.05, 0.1) is 24.6 Å². The molecule has 2 heterocycles. The highest BCUT2D eigenvalue weighted by molar-refractivity contribution is 5.56. The van der Waals surface area contributed by atoms with E-state index in [-0.39, 0.29) is 17.2 Å². The summed E-state index contributed by atoms with van der Waals surface area (Å²) in [6, 6.07) is 8.60. The van der Waals surface area contributed by atoms with E-state index in [4.69, 9.17) is 0 Å². The molecule has 0 aliphatic heterocycles. The van der Waals surface area contributed by atoms with Crippen molar-refractivity contribution in [1.29, 1.82) is 0 Å². The highest BCUT2D eigenvalue weighted by Gasteiger charge is 2.21. The quantitative estimate of drug-likeness (QED) is 0.452. The highest BCUT2D eigenvalue weighted by Crippen LogP contribution is 2.22. The van der Waals surface area contributed by atoms with Crippen LogP contribution in [0.3, 0.4) is 0 Å². The Morgan fingerprint density at radius 1 is 0.917 bits per heavy atom. The van der Waals surface area contributed by atoms with Crippen LogP contribution in [0.2, 0.25) is 0 Å². The van der Waals surface area contributed by atoms with E-state index in [1.165, 1.54) is 0 Å². The van der Waals surface area contributed by atoms with Gasteiger partial charge in [0.1, 0.15) is 0 Å². The fraction of sp³-hybridized carbons (Fsp3) is 0.143. The Balaban J connectivity index is 2.43. The molecule has 0 saturated carbocycles. The Morgan fingerprint density at radius 2 is 1.54 bits per heavy atom. The van der Waals surface area contributed by atoms with Crippen molar-refractivity contribution in [1.82, 2.24) is 24.3 Å². The molecule has 0 saturated heterocycles. The molecule has 10 nitrogen and oxygen atoms in total. The van der Waals surface area contributed by atoms with Crippen LogP contribution in [0, 0.1) is 0 Å². The number of aliphatic hydroxyl groups is 2. The van der Waals surface area contributed by atoms with Crippen LogP contribution in [0.15, 0.2) is 44.7 Å². The molecule has 0 bridgehead atoms. The molecular weight excluding hydrogens is 318 g/mol. The van der Waals surface area contributed by atoms with E-state index in [1.807, 2.05) is 9.97 Å². The van der Waals surface area contributed by atoms with Crippen LogP contribution in [0.4, 0.5) is 0 Å². The van der Waals surface area contributed by atoms with Crippen molar-refractivity contribution in [2.45, 2.75) is 13.2 Å². The molecule has 0 unspecified atom stereocenters. The topological polar surface area (TPSA) is 146 Å². The van der Waals surface area contributed by atoms with Gasteiger partial charge in [-0.05, 0) is 0 Å². The Hall–Kier alpha value is -3.24. The summed E-state index contributed by atoms with van der Waals surface area (Å²) in [6.45, 7) is -1.08. The minimum Gasteiger partial charge on any atom is -0.390 e. The van der Waals surface area contributed by atoms with E-state index in [1.54, 1.807) is 30.3 Å². The number of nitrogens with one attached hydrogen (secondary N) is 2. The van der Waals surface area contributed by atoms with Crippen LogP contribution in [-0.4, -0.2) is 34.5 Å². The molecule has 10 heteroatoms. The maximum absolute atomic E-state index is 12.1. The van der Waals surface area contributed by atoms with Gasteiger partial charge in [-0.3, -0.25) is 9.97 Å². The number of hydrogen-bond donors (Lipinski definition) is 4. The van der Waals surface area contributed by atoms with Gasteiger partial charge in [0.15, 0.2) is 5.82 Å². The molecule has 1 aromatic carbocycles. The first-order valence-electron chi connectivity index (χ1n) is 6.90. The lowest BCUT2D eigenvalue weighted by atomic mass is 10.2. The van der Waals surface area contributed by atoms with Gasteiger partial charge in [0, 0.05) is 5.56 Å². The number of hydrogen-bond acceptors (Lipinski definition) is 6. The molecule has 0 fully saturated rings. The van der Waals surface area contributed by atoms with Gasteiger partial charge in [0.25, 0.3) is 0 Å². The van der Waals surface area contributed by atoms with Gasteiger partial charge in [-0.1, -0.05) is 30.3 Å². The van der Waals surface area contributed by atoms with E-state index in [0.717, 1.165) is 4.68 Å². The summed E-state index contributed by atoms with van der Waals surface area (Å²) in [7, 11) is 0. The van der Waals surface area contributed by atoms with Crippen LogP contribution in [0.1, 0.15) is 11.4 Å². The van der Waals surface area contributed by atoms with E-state index < -0.39 is 30.3 Å². The van der Waals surface area contributed by atoms with Gasteiger partial charge in [-0.2, -0.15) is 0 Å². The molecule has 24 heavy (non-hydrogen) atoms. The molecule has 124 valence electrons. The van der Waals surface area contributed by atoms with Crippen molar-refractivity contribution in [2.75, 3.05) is 0 Å². The molecule has 0 amide bonds. The van der Waals surface area contributed by atoms with Crippen LogP contribution in [-0.2, 0) is 13.2 Å². The fourth-order valence-corrected chi connectivity index (χ4v) is 2.37. The van der Waals surface area contributed by atoms with Gasteiger partial charge < -0.3 is 10.2 Å². The zero-order valence-corrected chi connectivity index (χ0v) is 12.3. The minimum atomic E-state index is -1.00. The monoisotopic (exact) mass is 331 g/mol. The van der Waals surface area contributed by atoms with Crippen molar-refractivity contribution in [3.05, 3.63) is 73.2 Å². The molecular formula is C14H13N5O5.